The van der Waals surface area contributed by atoms with E-state index in [1.54, 1.807) is 17.4 Å². The Morgan fingerprint density at radius 2 is 1.93 bits per heavy atom. The minimum Gasteiger partial charge on any atom is -0.484 e. The molecule has 142 valence electrons. The average molecular weight is 385 g/mol. The molecule has 0 spiro atoms. The van der Waals surface area contributed by atoms with Gasteiger partial charge < -0.3 is 15.0 Å². The van der Waals surface area contributed by atoms with Gasteiger partial charge in [0.2, 0.25) is 5.91 Å². The van der Waals surface area contributed by atoms with Gasteiger partial charge in [0.15, 0.2) is 6.61 Å². The van der Waals surface area contributed by atoms with E-state index in [0.29, 0.717) is 31.3 Å². The van der Waals surface area contributed by atoms with Gasteiger partial charge in [0.05, 0.1) is 0 Å². The summed E-state index contributed by atoms with van der Waals surface area (Å²) < 4.78 is 5.53. The van der Waals surface area contributed by atoms with E-state index in [9.17, 15) is 9.59 Å². The van der Waals surface area contributed by atoms with E-state index >= 15 is 0 Å². The smallest absolute Gasteiger partial charge is 0.260 e. The quantitative estimate of drug-likeness (QED) is 0.746. The van der Waals surface area contributed by atoms with Crippen LogP contribution in [0.15, 0.2) is 53.9 Å². The van der Waals surface area contributed by atoms with Crippen molar-refractivity contribution >= 4 is 29.2 Å². The SMILES string of the molecule is O=C(/C=C/c1cccs1)NCC1CCN(C(=O)COc2ccccc2)CC1. The summed E-state index contributed by atoms with van der Waals surface area (Å²) in [4.78, 5) is 27.1. The Morgan fingerprint density at radius 3 is 2.63 bits per heavy atom. The number of benzene rings is 1. The van der Waals surface area contributed by atoms with Gasteiger partial charge in [-0.1, -0.05) is 24.3 Å². The van der Waals surface area contributed by atoms with Crippen LogP contribution in [0.2, 0.25) is 0 Å². The van der Waals surface area contributed by atoms with Crippen LogP contribution in [-0.4, -0.2) is 43.0 Å². The Hall–Kier alpha value is -2.60. The second-order valence-corrected chi connectivity index (χ2v) is 7.50. The first kappa shape index (κ1) is 19.2. The third-order valence-electron chi connectivity index (χ3n) is 4.58. The van der Waals surface area contributed by atoms with Gasteiger partial charge in [-0.25, -0.2) is 0 Å². The predicted molar refractivity (Wildman–Crippen MR) is 108 cm³/mol. The molecule has 0 atom stereocenters. The van der Waals surface area contributed by atoms with Crippen LogP contribution in [0.25, 0.3) is 6.08 Å². The van der Waals surface area contributed by atoms with E-state index < -0.39 is 0 Å². The second-order valence-electron chi connectivity index (χ2n) is 6.52. The van der Waals surface area contributed by atoms with Crippen LogP contribution in [0.1, 0.15) is 17.7 Å². The van der Waals surface area contributed by atoms with Gasteiger partial charge in [-0.15, -0.1) is 11.3 Å². The molecule has 27 heavy (non-hydrogen) atoms. The molecule has 0 saturated carbocycles. The highest BCUT2D eigenvalue weighted by atomic mass is 32.1. The first-order chi connectivity index (χ1) is 13.2. The van der Waals surface area contributed by atoms with Crippen LogP contribution in [0.3, 0.4) is 0 Å². The third kappa shape index (κ3) is 6.25. The third-order valence-corrected chi connectivity index (χ3v) is 5.42. The lowest BCUT2D eigenvalue weighted by molar-refractivity contribution is -0.134. The average Bonchev–Trinajstić information content (AvgIpc) is 3.24. The van der Waals surface area contributed by atoms with Crippen molar-refractivity contribution in [3.8, 4) is 5.75 Å². The monoisotopic (exact) mass is 384 g/mol. The van der Waals surface area contributed by atoms with Crippen molar-refractivity contribution < 1.29 is 14.3 Å². The number of carbonyl (C=O) groups excluding carboxylic acids is 2. The molecule has 2 aromatic rings. The van der Waals surface area contributed by atoms with Crippen LogP contribution < -0.4 is 10.1 Å². The molecule has 1 aromatic heterocycles. The summed E-state index contributed by atoms with van der Waals surface area (Å²) in [6.07, 6.45) is 5.19. The molecule has 0 unspecified atom stereocenters. The zero-order valence-corrected chi connectivity index (χ0v) is 16.0. The summed E-state index contributed by atoms with van der Waals surface area (Å²) in [5.74, 6) is 1.06. The lowest BCUT2D eigenvalue weighted by Crippen LogP contribution is -2.43. The van der Waals surface area contributed by atoms with Crippen molar-refractivity contribution in [1.82, 2.24) is 10.2 Å². The first-order valence-electron chi connectivity index (χ1n) is 9.16. The maximum absolute atomic E-state index is 12.3. The summed E-state index contributed by atoms with van der Waals surface area (Å²) in [7, 11) is 0. The summed E-state index contributed by atoms with van der Waals surface area (Å²) in [6.45, 7) is 2.14. The molecule has 5 nitrogen and oxygen atoms in total. The van der Waals surface area contributed by atoms with Gasteiger partial charge in [0.25, 0.3) is 5.91 Å². The molecule has 0 radical (unpaired) electrons. The van der Waals surface area contributed by atoms with Crippen molar-refractivity contribution in [2.45, 2.75) is 12.8 Å². The number of para-hydroxylation sites is 1. The maximum atomic E-state index is 12.3. The highest BCUT2D eigenvalue weighted by Gasteiger charge is 2.23. The van der Waals surface area contributed by atoms with Gasteiger partial charge >= 0.3 is 0 Å². The molecule has 1 fully saturated rings. The van der Waals surface area contributed by atoms with Gasteiger partial charge in [-0.2, -0.15) is 0 Å². The molecule has 1 aromatic carbocycles. The molecule has 1 aliphatic rings. The molecule has 0 aliphatic carbocycles. The number of hydrogen-bond acceptors (Lipinski definition) is 4. The van der Waals surface area contributed by atoms with E-state index in [2.05, 4.69) is 5.32 Å². The van der Waals surface area contributed by atoms with Crippen molar-refractivity contribution in [2.24, 2.45) is 5.92 Å². The largest absolute Gasteiger partial charge is 0.484 e. The van der Waals surface area contributed by atoms with Crippen molar-refractivity contribution in [1.29, 1.82) is 0 Å². The summed E-state index contributed by atoms with van der Waals surface area (Å²) in [5.41, 5.74) is 0. The highest BCUT2D eigenvalue weighted by molar-refractivity contribution is 7.10. The molecule has 1 aliphatic heterocycles. The first-order valence-corrected chi connectivity index (χ1v) is 10.0. The van der Waals surface area contributed by atoms with Crippen molar-refractivity contribution in [3.05, 3.63) is 58.8 Å². The zero-order chi connectivity index (χ0) is 18.9. The number of piperidine rings is 1. The predicted octanol–water partition coefficient (Wildman–Crippen LogP) is 3.20. The molecule has 2 heterocycles. The van der Waals surface area contributed by atoms with Crippen LogP contribution in [0.4, 0.5) is 0 Å². The Labute approximate surface area is 163 Å². The van der Waals surface area contributed by atoms with E-state index in [1.807, 2.05) is 58.8 Å². The minimum absolute atomic E-state index is 0.0141. The lowest BCUT2D eigenvalue weighted by atomic mass is 9.97. The number of amides is 2. The number of nitrogens with zero attached hydrogens (tertiary/aromatic N) is 1. The Kier molecular flexibility index (Phi) is 7.04. The normalized spacial score (nSPS) is 15.0. The fourth-order valence-electron chi connectivity index (χ4n) is 2.99. The Bertz CT molecular complexity index is 751. The van der Waals surface area contributed by atoms with Crippen LogP contribution >= 0.6 is 11.3 Å². The fourth-order valence-corrected chi connectivity index (χ4v) is 3.61. The van der Waals surface area contributed by atoms with E-state index in [0.717, 1.165) is 17.7 Å². The topological polar surface area (TPSA) is 58.6 Å². The number of carbonyl (C=O) groups is 2. The lowest BCUT2D eigenvalue weighted by Gasteiger charge is -2.32. The standard InChI is InChI=1S/C21H24N2O3S/c24-20(9-8-19-7-4-14-27-19)22-15-17-10-12-23(13-11-17)21(25)16-26-18-5-2-1-3-6-18/h1-9,14,17H,10-13,15-16H2,(H,22,24)/b9-8+. The molecular weight excluding hydrogens is 360 g/mol. The number of hydrogen-bond donors (Lipinski definition) is 1. The fraction of sp³-hybridized carbons (Fsp3) is 0.333. The summed E-state index contributed by atoms with van der Waals surface area (Å²) in [5, 5.41) is 4.94. The van der Waals surface area contributed by atoms with Gasteiger partial charge in [-0.3, -0.25) is 9.59 Å². The second kappa shape index (κ2) is 9.92. The minimum atomic E-state index is -0.0711. The van der Waals surface area contributed by atoms with Gasteiger partial charge in [-0.05, 0) is 48.4 Å². The molecule has 1 N–H and O–H groups in total. The molecule has 2 amide bonds. The zero-order valence-electron chi connectivity index (χ0n) is 15.2. The number of rotatable bonds is 7. The Morgan fingerprint density at radius 1 is 1.15 bits per heavy atom. The summed E-state index contributed by atoms with van der Waals surface area (Å²) >= 11 is 1.60. The van der Waals surface area contributed by atoms with Gasteiger partial charge in [0.1, 0.15) is 5.75 Å². The molecular formula is C21H24N2O3S. The van der Waals surface area contributed by atoms with Crippen molar-refractivity contribution in [3.63, 3.8) is 0 Å². The number of likely N-dealkylation sites (tertiary alicyclic amines) is 1. The van der Waals surface area contributed by atoms with E-state index in [-0.39, 0.29) is 18.4 Å². The van der Waals surface area contributed by atoms with Crippen LogP contribution in [0, 0.1) is 5.92 Å². The maximum Gasteiger partial charge on any atom is 0.260 e. The van der Waals surface area contributed by atoms with Crippen LogP contribution in [-0.2, 0) is 9.59 Å². The van der Waals surface area contributed by atoms with Crippen molar-refractivity contribution in [2.75, 3.05) is 26.2 Å². The molecule has 3 rings (SSSR count). The number of ether oxygens (including phenoxy) is 1. The van der Waals surface area contributed by atoms with Gasteiger partial charge in [0, 0.05) is 30.6 Å². The summed E-state index contributed by atoms with van der Waals surface area (Å²) in [6, 6.07) is 13.3. The highest BCUT2D eigenvalue weighted by Crippen LogP contribution is 2.17. The van der Waals surface area contributed by atoms with E-state index in [4.69, 9.17) is 4.74 Å². The molecule has 6 heteroatoms. The van der Waals surface area contributed by atoms with E-state index in [1.165, 1.54) is 0 Å². The Balaban J connectivity index is 1.33. The number of nitrogens with one attached hydrogen (secondary N) is 1. The number of thiophene rings is 1. The van der Waals surface area contributed by atoms with Crippen LogP contribution in [0.5, 0.6) is 5.75 Å². The molecule has 0 bridgehead atoms. The molecule has 1 saturated heterocycles.